The minimum Gasteiger partial charge on any atom is -0.321 e. The van der Waals surface area contributed by atoms with Crippen LogP contribution in [-0.4, -0.2) is 16.1 Å². The minimum absolute atomic E-state index is 0.195. The molecule has 106 valence electrons. The lowest BCUT2D eigenvalue weighted by molar-refractivity contribution is 0.103. The van der Waals surface area contributed by atoms with Gasteiger partial charge in [0.25, 0.3) is 5.91 Å². The van der Waals surface area contributed by atoms with Gasteiger partial charge in [-0.1, -0.05) is 23.7 Å². The van der Waals surface area contributed by atoms with Crippen molar-refractivity contribution in [1.82, 2.24) is 10.2 Å². The summed E-state index contributed by atoms with van der Waals surface area (Å²) in [6, 6.07) is 9.44. The van der Waals surface area contributed by atoms with Gasteiger partial charge < -0.3 is 5.32 Å². The molecule has 1 aromatic carbocycles. The highest BCUT2D eigenvalue weighted by Crippen LogP contribution is 2.28. The Morgan fingerprint density at radius 2 is 2.24 bits per heavy atom. The second-order valence-corrected chi connectivity index (χ2v) is 5.82. The molecule has 6 heteroatoms. The summed E-state index contributed by atoms with van der Waals surface area (Å²) in [5, 5.41) is 12.1. The molecule has 1 amide bonds. The summed E-state index contributed by atoms with van der Waals surface area (Å²) >= 11 is 7.46. The lowest BCUT2D eigenvalue weighted by atomic mass is 10.1. The Morgan fingerprint density at radius 1 is 1.38 bits per heavy atom. The number of aryl methyl sites for hydroxylation is 1. The summed E-state index contributed by atoms with van der Waals surface area (Å²) in [7, 11) is 0. The molecule has 0 atom stereocenters. The van der Waals surface area contributed by atoms with Crippen LogP contribution in [0.3, 0.4) is 0 Å². The Balaban J connectivity index is 1.84. The molecule has 0 aliphatic rings. The standard InChI is InChI=1S/C15H12ClN3OS/c1-9-8-21-14(13(9)16)15(20)18-11-4-2-3-10(7-11)12-5-6-17-19-12/h2-8H,1H3,(H,17,19)(H,18,20). The maximum atomic E-state index is 12.2. The van der Waals surface area contributed by atoms with Crippen molar-refractivity contribution in [3.63, 3.8) is 0 Å². The predicted molar refractivity (Wildman–Crippen MR) is 86.0 cm³/mol. The zero-order valence-corrected chi connectivity index (χ0v) is 12.8. The summed E-state index contributed by atoms with van der Waals surface area (Å²) in [4.78, 5) is 12.8. The van der Waals surface area contributed by atoms with Gasteiger partial charge in [0.05, 0.1) is 10.7 Å². The number of halogens is 1. The highest BCUT2D eigenvalue weighted by atomic mass is 35.5. The number of H-pyrrole nitrogens is 1. The molecule has 2 aromatic heterocycles. The van der Waals surface area contributed by atoms with Gasteiger partial charge in [-0.15, -0.1) is 11.3 Å². The van der Waals surface area contributed by atoms with E-state index in [9.17, 15) is 4.79 Å². The van der Waals surface area contributed by atoms with E-state index < -0.39 is 0 Å². The van der Waals surface area contributed by atoms with Crippen molar-refractivity contribution in [2.75, 3.05) is 5.32 Å². The van der Waals surface area contributed by atoms with Gasteiger partial charge in [-0.3, -0.25) is 9.89 Å². The van der Waals surface area contributed by atoms with Crippen molar-refractivity contribution < 1.29 is 4.79 Å². The molecule has 4 nitrogen and oxygen atoms in total. The van der Waals surface area contributed by atoms with E-state index >= 15 is 0 Å². The molecule has 0 radical (unpaired) electrons. The van der Waals surface area contributed by atoms with Gasteiger partial charge in [-0.05, 0) is 36.1 Å². The molecular weight excluding hydrogens is 306 g/mol. The third-order valence-corrected chi connectivity index (χ3v) is 4.73. The number of carbonyl (C=O) groups is 1. The summed E-state index contributed by atoms with van der Waals surface area (Å²) in [6.07, 6.45) is 1.69. The summed E-state index contributed by atoms with van der Waals surface area (Å²) < 4.78 is 0. The molecule has 0 spiro atoms. The van der Waals surface area contributed by atoms with E-state index in [1.807, 2.05) is 42.6 Å². The Kier molecular flexibility index (Phi) is 3.77. The number of carbonyl (C=O) groups excluding carboxylic acids is 1. The lowest BCUT2D eigenvalue weighted by Crippen LogP contribution is -2.10. The molecule has 0 bridgehead atoms. The van der Waals surface area contributed by atoms with Crippen molar-refractivity contribution in [2.24, 2.45) is 0 Å². The van der Waals surface area contributed by atoms with Crippen LogP contribution in [0.15, 0.2) is 41.9 Å². The second-order valence-electron chi connectivity index (χ2n) is 4.57. The van der Waals surface area contributed by atoms with Crippen molar-refractivity contribution >= 4 is 34.5 Å². The smallest absolute Gasteiger partial charge is 0.267 e. The molecule has 0 fully saturated rings. The first-order chi connectivity index (χ1) is 10.1. The Labute approximate surface area is 130 Å². The zero-order valence-electron chi connectivity index (χ0n) is 11.2. The number of aromatic amines is 1. The first-order valence-electron chi connectivity index (χ1n) is 6.30. The van der Waals surface area contributed by atoms with Crippen molar-refractivity contribution in [3.8, 4) is 11.3 Å². The van der Waals surface area contributed by atoms with Crippen LogP contribution in [0.25, 0.3) is 11.3 Å². The van der Waals surface area contributed by atoms with Crippen LogP contribution in [0.4, 0.5) is 5.69 Å². The maximum absolute atomic E-state index is 12.2. The van der Waals surface area contributed by atoms with E-state index in [1.54, 1.807) is 6.20 Å². The van der Waals surface area contributed by atoms with Gasteiger partial charge in [-0.2, -0.15) is 5.10 Å². The van der Waals surface area contributed by atoms with E-state index in [0.29, 0.717) is 15.6 Å². The molecule has 21 heavy (non-hydrogen) atoms. The van der Waals surface area contributed by atoms with E-state index in [1.165, 1.54) is 11.3 Å². The van der Waals surface area contributed by atoms with Gasteiger partial charge in [0.15, 0.2) is 0 Å². The van der Waals surface area contributed by atoms with Gasteiger partial charge >= 0.3 is 0 Å². The summed E-state index contributed by atoms with van der Waals surface area (Å²) in [6.45, 7) is 1.88. The average Bonchev–Trinajstić information content (AvgIpc) is 3.11. The molecule has 3 rings (SSSR count). The lowest BCUT2D eigenvalue weighted by Gasteiger charge is -2.06. The fourth-order valence-corrected chi connectivity index (χ4v) is 3.13. The maximum Gasteiger partial charge on any atom is 0.267 e. The number of nitrogens with one attached hydrogen (secondary N) is 2. The second kappa shape index (κ2) is 5.71. The van der Waals surface area contributed by atoms with Crippen LogP contribution in [0, 0.1) is 6.92 Å². The number of benzene rings is 1. The number of hydrogen-bond acceptors (Lipinski definition) is 3. The Hall–Kier alpha value is -2.11. The molecule has 0 unspecified atom stereocenters. The van der Waals surface area contributed by atoms with Crippen molar-refractivity contribution in [1.29, 1.82) is 0 Å². The minimum atomic E-state index is -0.195. The Bertz CT molecular complexity index is 780. The van der Waals surface area contributed by atoms with E-state index in [4.69, 9.17) is 11.6 Å². The van der Waals surface area contributed by atoms with Crippen LogP contribution >= 0.6 is 22.9 Å². The highest BCUT2D eigenvalue weighted by molar-refractivity contribution is 7.13. The first-order valence-corrected chi connectivity index (χ1v) is 7.55. The van der Waals surface area contributed by atoms with Crippen LogP contribution in [0.1, 0.15) is 15.2 Å². The molecular formula is C15H12ClN3OS. The number of thiophene rings is 1. The van der Waals surface area contributed by atoms with Crippen LogP contribution in [0.2, 0.25) is 5.02 Å². The topological polar surface area (TPSA) is 57.8 Å². The van der Waals surface area contributed by atoms with Gasteiger partial charge in [0, 0.05) is 17.4 Å². The SMILES string of the molecule is Cc1csc(C(=O)Nc2cccc(-c3ccn[nH]3)c2)c1Cl. The fraction of sp³-hybridized carbons (Fsp3) is 0.0667. The van der Waals surface area contributed by atoms with E-state index in [0.717, 1.165) is 16.8 Å². The van der Waals surface area contributed by atoms with Crippen LogP contribution in [0.5, 0.6) is 0 Å². The van der Waals surface area contributed by atoms with Gasteiger partial charge in [0.1, 0.15) is 4.88 Å². The predicted octanol–water partition coefficient (Wildman–Crippen LogP) is 4.35. The molecule has 0 saturated carbocycles. The average molecular weight is 318 g/mol. The molecule has 2 N–H and O–H groups in total. The van der Waals surface area contributed by atoms with E-state index in [-0.39, 0.29) is 5.91 Å². The van der Waals surface area contributed by atoms with Gasteiger partial charge in [-0.25, -0.2) is 0 Å². The number of anilines is 1. The largest absolute Gasteiger partial charge is 0.321 e. The van der Waals surface area contributed by atoms with Crippen LogP contribution < -0.4 is 5.32 Å². The molecule has 3 aromatic rings. The normalized spacial score (nSPS) is 10.6. The number of hydrogen-bond donors (Lipinski definition) is 2. The molecule has 0 aliphatic carbocycles. The van der Waals surface area contributed by atoms with Crippen molar-refractivity contribution in [3.05, 3.63) is 57.4 Å². The van der Waals surface area contributed by atoms with Crippen LogP contribution in [-0.2, 0) is 0 Å². The Morgan fingerprint density at radius 3 is 2.90 bits per heavy atom. The molecule has 2 heterocycles. The fourth-order valence-electron chi connectivity index (χ4n) is 1.95. The molecule has 0 aliphatic heterocycles. The summed E-state index contributed by atoms with van der Waals surface area (Å²) in [5.74, 6) is -0.195. The number of aromatic nitrogens is 2. The zero-order chi connectivity index (χ0) is 14.8. The van der Waals surface area contributed by atoms with Crippen molar-refractivity contribution in [2.45, 2.75) is 6.92 Å². The quantitative estimate of drug-likeness (QED) is 0.754. The summed E-state index contributed by atoms with van der Waals surface area (Å²) in [5.41, 5.74) is 3.49. The molecule has 0 saturated heterocycles. The first kappa shape index (κ1) is 13.9. The highest BCUT2D eigenvalue weighted by Gasteiger charge is 2.15. The third-order valence-electron chi connectivity index (χ3n) is 3.04. The van der Waals surface area contributed by atoms with Gasteiger partial charge in [0.2, 0.25) is 0 Å². The third kappa shape index (κ3) is 2.84. The monoisotopic (exact) mass is 317 g/mol. The van der Waals surface area contributed by atoms with E-state index in [2.05, 4.69) is 15.5 Å². The number of nitrogens with zero attached hydrogens (tertiary/aromatic N) is 1. The number of rotatable bonds is 3. The number of amides is 1.